The van der Waals surface area contributed by atoms with Crippen LogP contribution in [0.15, 0.2) is 41.0 Å². The number of nitro benzene ring substituents is 1. The summed E-state index contributed by atoms with van der Waals surface area (Å²) in [6.07, 6.45) is 3.19. The van der Waals surface area contributed by atoms with Crippen LogP contribution in [0.1, 0.15) is 52.3 Å². The Morgan fingerprint density at radius 2 is 2.04 bits per heavy atom. The van der Waals surface area contributed by atoms with Crippen molar-refractivity contribution in [3.05, 3.63) is 63.6 Å². The van der Waals surface area contributed by atoms with Gasteiger partial charge in [-0.1, -0.05) is 6.07 Å². The van der Waals surface area contributed by atoms with Crippen molar-refractivity contribution in [2.75, 3.05) is 6.54 Å². The number of rotatable bonds is 6. The van der Waals surface area contributed by atoms with Crippen LogP contribution in [0, 0.1) is 10.1 Å². The number of hydrogen-bond donors (Lipinski definition) is 0. The van der Waals surface area contributed by atoms with Gasteiger partial charge in [-0.2, -0.15) is 0 Å². The molecule has 0 bridgehead atoms. The summed E-state index contributed by atoms with van der Waals surface area (Å²) < 4.78 is 5.39. The Balaban J connectivity index is 1.59. The van der Waals surface area contributed by atoms with Crippen LogP contribution in [0.5, 0.6) is 0 Å². The number of carbonyl (C=O) groups is 3. The highest BCUT2D eigenvalue weighted by atomic mass is 16.6. The number of furan rings is 1. The maximum atomic E-state index is 13.0. The van der Waals surface area contributed by atoms with Crippen molar-refractivity contribution >= 4 is 23.4 Å². The van der Waals surface area contributed by atoms with E-state index >= 15 is 0 Å². The molecular weight excluding hydrogens is 366 g/mol. The van der Waals surface area contributed by atoms with Crippen molar-refractivity contribution in [2.45, 2.75) is 31.8 Å². The first-order valence-corrected chi connectivity index (χ1v) is 8.88. The molecule has 2 aliphatic rings. The molecule has 144 valence electrons. The molecular formula is C19H17N3O6. The van der Waals surface area contributed by atoms with Gasteiger partial charge in [0.1, 0.15) is 17.9 Å². The molecule has 1 aromatic carbocycles. The summed E-state index contributed by atoms with van der Waals surface area (Å²) in [7, 11) is 0. The third-order valence-corrected chi connectivity index (χ3v) is 5.07. The summed E-state index contributed by atoms with van der Waals surface area (Å²) >= 11 is 0. The molecule has 0 radical (unpaired) electrons. The molecule has 1 aliphatic heterocycles. The van der Waals surface area contributed by atoms with Crippen molar-refractivity contribution in [3.63, 3.8) is 0 Å². The Kier molecular flexibility index (Phi) is 4.21. The standard InChI is InChI=1S/C19H17N3O6/c1-11(15-6-3-9-28-15)21(12-7-8-12)16(23)10-20-18(24)13-4-2-5-14(22(26)27)17(13)19(20)25/h2-6,9,11-12H,7-8,10H2,1H3. The fourth-order valence-electron chi connectivity index (χ4n) is 3.58. The maximum absolute atomic E-state index is 13.0. The smallest absolute Gasteiger partial charge is 0.282 e. The van der Waals surface area contributed by atoms with Gasteiger partial charge in [0.2, 0.25) is 5.91 Å². The van der Waals surface area contributed by atoms with Gasteiger partial charge in [-0.15, -0.1) is 0 Å². The first-order valence-electron chi connectivity index (χ1n) is 8.88. The Hall–Kier alpha value is -3.49. The summed E-state index contributed by atoms with van der Waals surface area (Å²) in [5.74, 6) is -1.30. The Labute approximate surface area is 159 Å². The lowest BCUT2D eigenvalue weighted by Gasteiger charge is -2.29. The highest BCUT2D eigenvalue weighted by molar-refractivity contribution is 6.24. The average Bonchev–Trinajstić information content (AvgIpc) is 3.28. The predicted molar refractivity (Wildman–Crippen MR) is 95.5 cm³/mol. The highest BCUT2D eigenvalue weighted by Crippen LogP contribution is 2.36. The van der Waals surface area contributed by atoms with Gasteiger partial charge in [-0.25, -0.2) is 0 Å². The van der Waals surface area contributed by atoms with Gasteiger partial charge < -0.3 is 9.32 Å². The fraction of sp³-hybridized carbons (Fsp3) is 0.316. The highest BCUT2D eigenvalue weighted by Gasteiger charge is 2.44. The summed E-state index contributed by atoms with van der Waals surface area (Å²) in [5, 5.41) is 11.2. The van der Waals surface area contributed by atoms with Crippen molar-refractivity contribution in [1.29, 1.82) is 0 Å². The van der Waals surface area contributed by atoms with E-state index in [4.69, 9.17) is 4.42 Å². The average molecular weight is 383 g/mol. The molecule has 1 fully saturated rings. The number of nitrogens with zero attached hydrogens (tertiary/aromatic N) is 3. The van der Waals surface area contributed by atoms with E-state index in [1.807, 2.05) is 6.92 Å². The summed E-state index contributed by atoms with van der Waals surface area (Å²) in [5.41, 5.74) is -0.750. The Bertz CT molecular complexity index is 980. The van der Waals surface area contributed by atoms with E-state index in [0.29, 0.717) is 5.76 Å². The van der Waals surface area contributed by atoms with Crippen molar-refractivity contribution < 1.29 is 23.7 Å². The van der Waals surface area contributed by atoms with Crippen LogP contribution in [0.3, 0.4) is 0 Å². The lowest BCUT2D eigenvalue weighted by atomic mass is 10.1. The van der Waals surface area contributed by atoms with Gasteiger partial charge in [0.15, 0.2) is 0 Å². The third kappa shape index (κ3) is 2.84. The van der Waals surface area contributed by atoms with Crippen molar-refractivity contribution in [3.8, 4) is 0 Å². The summed E-state index contributed by atoms with van der Waals surface area (Å²) in [6, 6.07) is 7.05. The SMILES string of the molecule is CC(c1ccco1)N(C(=O)CN1C(=O)c2cccc([N+](=O)[O-])c2C1=O)C1CC1. The summed E-state index contributed by atoms with van der Waals surface area (Å²) in [6.45, 7) is 1.35. The third-order valence-electron chi connectivity index (χ3n) is 5.07. The Morgan fingerprint density at radius 1 is 1.29 bits per heavy atom. The molecule has 2 aromatic rings. The van der Waals surface area contributed by atoms with E-state index in [2.05, 4.69) is 0 Å². The number of amides is 3. The Morgan fingerprint density at radius 3 is 2.64 bits per heavy atom. The van der Waals surface area contributed by atoms with Crippen LogP contribution in [-0.4, -0.2) is 45.0 Å². The molecule has 3 amide bonds. The molecule has 28 heavy (non-hydrogen) atoms. The second-order valence-electron chi connectivity index (χ2n) is 6.88. The molecule has 2 heterocycles. The normalized spacial score (nSPS) is 16.8. The minimum atomic E-state index is -0.818. The molecule has 0 N–H and O–H groups in total. The first kappa shape index (κ1) is 17.9. The van der Waals surface area contributed by atoms with Crippen LogP contribution in [0.25, 0.3) is 0 Å². The molecule has 0 saturated heterocycles. The molecule has 1 aromatic heterocycles. The van der Waals surface area contributed by atoms with E-state index in [1.165, 1.54) is 24.5 Å². The largest absolute Gasteiger partial charge is 0.467 e. The van der Waals surface area contributed by atoms with E-state index in [0.717, 1.165) is 17.7 Å². The second-order valence-corrected chi connectivity index (χ2v) is 6.88. The molecule has 1 aliphatic carbocycles. The van der Waals surface area contributed by atoms with Gasteiger partial charge in [0.25, 0.3) is 17.5 Å². The summed E-state index contributed by atoms with van der Waals surface area (Å²) in [4.78, 5) is 51.2. The zero-order valence-electron chi connectivity index (χ0n) is 15.0. The second kappa shape index (κ2) is 6.59. The topological polar surface area (TPSA) is 114 Å². The van der Waals surface area contributed by atoms with E-state index < -0.39 is 34.9 Å². The zero-order chi connectivity index (χ0) is 20.0. The first-order chi connectivity index (χ1) is 13.4. The number of benzene rings is 1. The van der Waals surface area contributed by atoms with Crippen LogP contribution in [0.2, 0.25) is 0 Å². The minimum Gasteiger partial charge on any atom is -0.467 e. The zero-order valence-corrected chi connectivity index (χ0v) is 15.0. The van der Waals surface area contributed by atoms with Gasteiger partial charge in [0, 0.05) is 12.1 Å². The van der Waals surface area contributed by atoms with E-state index in [9.17, 15) is 24.5 Å². The minimum absolute atomic E-state index is 0.0251. The fourth-order valence-corrected chi connectivity index (χ4v) is 3.58. The lowest BCUT2D eigenvalue weighted by Crippen LogP contribution is -2.44. The molecule has 9 nitrogen and oxygen atoms in total. The number of nitro groups is 1. The quantitative estimate of drug-likeness (QED) is 0.430. The maximum Gasteiger partial charge on any atom is 0.282 e. The van der Waals surface area contributed by atoms with Crippen LogP contribution < -0.4 is 0 Å². The molecule has 0 spiro atoms. The predicted octanol–water partition coefficient (Wildman–Crippen LogP) is 2.54. The van der Waals surface area contributed by atoms with Crippen molar-refractivity contribution in [2.24, 2.45) is 0 Å². The van der Waals surface area contributed by atoms with Gasteiger partial charge in [0.05, 0.1) is 22.8 Å². The van der Waals surface area contributed by atoms with E-state index in [1.54, 1.807) is 17.0 Å². The van der Waals surface area contributed by atoms with Gasteiger partial charge in [-0.3, -0.25) is 29.4 Å². The van der Waals surface area contributed by atoms with Gasteiger partial charge >= 0.3 is 0 Å². The lowest BCUT2D eigenvalue weighted by molar-refractivity contribution is -0.385. The van der Waals surface area contributed by atoms with Crippen LogP contribution in [-0.2, 0) is 4.79 Å². The van der Waals surface area contributed by atoms with Gasteiger partial charge in [-0.05, 0) is 38.0 Å². The monoisotopic (exact) mass is 383 g/mol. The van der Waals surface area contributed by atoms with Crippen LogP contribution >= 0.6 is 0 Å². The number of fused-ring (bicyclic) bond motifs is 1. The van der Waals surface area contributed by atoms with Crippen molar-refractivity contribution in [1.82, 2.24) is 9.80 Å². The van der Waals surface area contributed by atoms with E-state index in [-0.39, 0.29) is 23.2 Å². The molecule has 1 saturated carbocycles. The number of imide groups is 1. The molecule has 1 unspecified atom stereocenters. The molecule has 1 atom stereocenters. The van der Waals surface area contributed by atoms with Crippen LogP contribution in [0.4, 0.5) is 5.69 Å². The molecule has 9 heteroatoms. The number of hydrogen-bond acceptors (Lipinski definition) is 6. The number of carbonyl (C=O) groups excluding carboxylic acids is 3. The molecule has 4 rings (SSSR count).